The van der Waals surface area contributed by atoms with Crippen LogP contribution in [0.4, 0.5) is 0 Å². The molecule has 0 bridgehead atoms. The van der Waals surface area contributed by atoms with Crippen LogP contribution in [0.5, 0.6) is 0 Å². The molecule has 0 fully saturated rings. The molecule has 0 unspecified atom stereocenters. The van der Waals surface area contributed by atoms with Crippen LogP contribution >= 0.6 is 11.8 Å². The zero-order chi connectivity index (χ0) is 17.7. The van der Waals surface area contributed by atoms with Crippen molar-refractivity contribution >= 4 is 32.5 Å². The molecule has 0 spiro atoms. The molecule has 0 N–H and O–H groups in total. The van der Waals surface area contributed by atoms with Crippen LogP contribution in [-0.2, 0) is 14.4 Å². The normalized spacial score (nSPS) is 18.0. The summed E-state index contributed by atoms with van der Waals surface area (Å²) in [6.45, 7) is 5.49. The number of allylic oxidation sites excluding steroid dienone is 2. The molecule has 24 heavy (non-hydrogen) atoms. The molecule has 0 amide bonds. The summed E-state index contributed by atoms with van der Waals surface area (Å²) in [5.41, 5.74) is 2.76. The Morgan fingerprint density at radius 2 is 2.08 bits per heavy atom. The average Bonchev–Trinajstić information content (AvgIpc) is 2.95. The quantitative estimate of drug-likeness (QED) is 0.587. The fraction of sp³-hybridized carbons (Fsp3) is 0.294. The Hall–Kier alpha value is -2.04. The molecule has 0 saturated carbocycles. The number of thioether (sulfide) groups is 1. The molecule has 5 nitrogen and oxygen atoms in total. The molecule has 1 aromatic carbocycles. The Morgan fingerprint density at radius 1 is 1.38 bits per heavy atom. The maximum absolute atomic E-state index is 11.8. The van der Waals surface area contributed by atoms with E-state index in [1.54, 1.807) is 25.3 Å². The third kappa shape index (κ3) is 4.49. The second-order valence-corrected chi connectivity index (χ2v) is 8.22. The molecule has 0 saturated heterocycles. The van der Waals surface area contributed by atoms with Gasteiger partial charge in [-0.3, -0.25) is 4.28 Å². The summed E-state index contributed by atoms with van der Waals surface area (Å²) in [4.78, 5) is 0. The monoisotopic (exact) mass is 362 g/mol. The smallest absolute Gasteiger partial charge is 0.267 e. The number of oxime groups is 1. The SMILES string of the molecule is Cc1ccccc1/C(C#N)=C1\C=CS\C1=N/OS(=O)(=O)CC(C)C. The number of nitriles is 1. The van der Waals surface area contributed by atoms with E-state index in [1.165, 1.54) is 11.8 Å². The lowest BCUT2D eigenvalue weighted by atomic mass is 9.97. The molecule has 0 atom stereocenters. The Labute approximate surface area is 146 Å². The van der Waals surface area contributed by atoms with Crippen molar-refractivity contribution in [3.8, 4) is 6.07 Å². The zero-order valence-electron chi connectivity index (χ0n) is 13.7. The van der Waals surface area contributed by atoms with Crippen molar-refractivity contribution in [3.05, 3.63) is 52.4 Å². The number of hydrogen-bond donors (Lipinski definition) is 0. The van der Waals surface area contributed by atoms with E-state index in [0.29, 0.717) is 16.2 Å². The molecule has 1 aromatic rings. The van der Waals surface area contributed by atoms with Gasteiger partial charge in [-0.1, -0.05) is 55.0 Å². The Morgan fingerprint density at radius 3 is 2.71 bits per heavy atom. The van der Waals surface area contributed by atoms with E-state index in [0.717, 1.165) is 11.1 Å². The van der Waals surface area contributed by atoms with Crippen LogP contribution in [0.1, 0.15) is 25.0 Å². The molecule has 7 heteroatoms. The van der Waals surface area contributed by atoms with Crippen molar-refractivity contribution in [2.45, 2.75) is 20.8 Å². The summed E-state index contributed by atoms with van der Waals surface area (Å²) in [6, 6.07) is 9.71. The highest BCUT2D eigenvalue weighted by molar-refractivity contribution is 8.17. The molecule has 2 rings (SSSR count). The van der Waals surface area contributed by atoms with Gasteiger partial charge in [0.2, 0.25) is 0 Å². The van der Waals surface area contributed by atoms with Crippen molar-refractivity contribution in [1.82, 2.24) is 0 Å². The van der Waals surface area contributed by atoms with Crippen molar-refractivity contribution in [3.63, 3.8) is 0 Å². The number of hydrogen-bond acceptors (Lipinski definition) is 6. The highest BCUT2D eigenvalue weighted by Gasteiger charge is 2.21. The molecule has 126 valence electrons. The van der Waals surface area contributed by atoms with Gasteiger partial charge in [0.05, 0.1) is 11.3 Å². The Bertz CT molecular complexity index is 860. The van der Waals surface area contributed by atoms with E-state index in [2.05, 4.69) is 11.2 Å². The molecular weight excluding hydrogens is 344 g/mol. The van der Waals surface area contributed by atoms with E-state index in [-0.39, 0.29) is 11.7 Å². The molecule has 0 aliphatic carbocycles. The van der Waals surface area contributed by atoms with Crippen molar-refractivity contribution in [2.75, 3.05) is 5.75 Å². The highest BCUT2D eigenvalue weighted by atomic mass is 32.2. The summed E-state index contributed by atoms with van der Waals surface area (Å²) in [5.74, 6) is -0.162. The highest BCUT2D eigenvalue weighted by Crippen LogP contribution is 2.32. The van der Waals surface area contributed by atoms with Gasteiger partial charge in [0, 0.05) is 5.57 Å². The van der Waals surface area contributed by atoms with Gasteiger partial charge in [-0.15, -0.1) is 0 Å². The van der Waals surface area contributed by atoms with E-state index < -0.39 is 10.1 Å². The number of rotatable bonds is 5. The minimum absolute atomic E-state index is 0.0544. The average molecular weight is 362 g/mol. The molecule has 1 aliphatic rings. The first-order chi connectivity index (χ1) is 11.3. The lowest BCUT2D eigenvalue weighted by Gasteiger charge is -2.08. The van der Waals surface area contributed by atoms with Crippen LogP contribution in [0.2, 0.25) is 0 Å². The predicted octanol–water partition coefficient (Wildman–Crippen LogP) is 3.85. The molecular formula is C17H18N2O3S2. The minimum Gasteiger partial charge on any atom is -0.267 e. The van der Waals surface area contributed by atoms with Crippen LogP contribution in [0.3, 0.4) is 0 Å². The molecule has 1 heterocycles. The van der Waals surface area contributed by atoms with Crippen LogP contribution in [0, 0.1) is 24.2 Å². The first-order valence-electron chi connectivity index (χ1n) is 7.37. The molecule has 0 radical (unpaired) electrons. The summed E-state index contributed by atoms with van der Waals surface area (Å²) < 4.78 is 28.4. The van der Waals surface area contributed by atoms with Gasteiger partial charge in [-0.05, 0) is 35.5 Å². The third-order valence-electron chi connectivity index (χ3n) is 3.21. The molecule has 0 aromatic heterocycles. The molecule has 1 aliphatic heterocycles. The first-order valence-corrected chi connectivity index (χ1v) is 9.83. The standard InChI is InChI=1S/C17H18N2O3S2/c1-12(2)11-24(20,21)22-19-17-15(8-9-23-17)16(10-18)14-7-5-4-6-13(14)3/h4-9,12H,11H2,1-3H3/b16-15+,19-17-. The maximum atomic E-state index is 11.8. The first kappa shape index (κ1) is 18.3. The van der Waals surface area contributed by atoms with E-state index >= 15 is 0 Å². The third-order valence-corrected chi connectivity index (χ3v) is 5.38. The maximum Gasteiger partial charge on any atom is 0.328 e. The van der Waals surface area contributed by atoms with Crippen molar-refractivity contribution in [2.24, 2.45) is 11.1 Å². The van der Waals surface area contributed by atoms with E-state index in [1.807, 2.05) is 31.2 Å². The number of benzene rings is 1. The van der Waals surface area contributed by atoms with Gasteiger partial charge in [0.25, 0.3) is 0 Å². The topological polar surface area (TPSA) is 79.5 Å². The van der Waals surface area contributed by atoms with Gasteiger partial charge in [-0.2, -0.15) is 13.7 Å². The van der Waals surface area contributed by atoms with Gasteiger partial charge in [0.1, 0.15) is 11.1 Å². The predicted molar refractivity (Wildman–Crippen MR) is 97.6 cm³/mol. The number of aryl methyl sites for hydroxylation is 1. The summed E-state index contributed by atoms with van der Waals surface area (Å²) in [7, 11) is -3.73. The van der Waals surface area contributed by atoms with Crippen LogP contribution in [-0.4, -0.2) is 19.2 Å². The lowest BCUT2D eigenvalue weighted by Crippen LogP contribution is -2.13. The number of nitrogens with zero attached hydrogens (tertiary/aromatic N) is 2. The van der Waals surface area contributed by atoms with Gasteiger partial charge >= 0.3 is 10.1 Å². The van der Waals surface area contributed by atoms with Crippen LogP contribution < -0.4 is 0 Å². The van der Waals surface area contributed by atoms with Crippen molar-refractivity contribution in [1.29, 1.82) is 5.26 Å². The minimum atomic E-state index is -3.73. The van der Waals surface area contributed by atoms with Crippen molar-refractivity contribution < 1.29 is 12.7 Å². The van der Waals surface area contributed by atoms with E-state index in [4.69, 9.17) is 4.28 Å². The largest absolute Gasteiger partial charge is 0.328 e. The fourth-order valence-electron chi connectivity index (χ4n) is 2.21. The lowest BCUT2D eigenvalue weighted by molar-refractivity contribution is 0.337. The second-order valence-electron chi connectivity index (χ2n) is 5.73. The van der Waals surface area contributed by atoms with E-state index in [9.17, 15) is 13.7 Å². The summed E-state index contributed by atoms with van der Waals surface area (Å²) in [5, 5.41) is 15.5. The summed E-state index contributed by atoms with van der Waals surface area (Å²) >= 11 is 1.23. The van der Waals surface area contributed by atoms with Crippen LogP contribution in [0.25, 0.3) is 5.57 Å². The van der Waals surface area contributed by atoms with Crippen LogP contribution in [0.15, 0.2) is 46.5 Å². The Balaban J connectivity index is 2.39. The summed E-state index contributed by atoms with van der Waals surface area (Å²) in [6.07, 6.45) is 1.74. The zero-order valence-corrected chi connectivity index (χ0v) is 15.3. The van der Waals surface area contributed by atoms with Gasteiger partial charge < -0.3 is 0 Å². The second kappa shape index (κ2) is 7.69. The fourth-order valence-corrected chi connectivity index (χ4v) is 4.03. The van der Waals surface area contributed by atoms with Gasteiger partial charge in [0.15, 0.2) is 0 Å². The Kier molecular flexibility index (Phi) is 5.86. The van der Waals surface area contributed by atoms with Gasteiger partial charge in [-0.25, -0.2) is 0 Å².